The number of nitrogens with zero attached hydrogens (tertiary/aromatic N) is 2. The Kier molecular flexibility index (Phi) is 7.37. The highest BCUT2D eigenvalue weighted by atomic mass is 35.5. The molecular formula is C18H26ClFN4O2. The summed E-state index contributed by atoms with van der Waals surface area (Å²) in [4.78, 5) is 28.7. The molecule has 2 fully saturated rings. The van der Waals surface area contributed by atoms with Crippen LogP contribution in [0.15, 0.2) is 24.3 Å². The first-order valence-electron chi connectivity index (χ1n) is 8.87. The van der Waals surface area contributed by atoms with E-state index in [1.54, 1.807) is 12.1 Å². The molecule has 2 aliphatic rings. The average molecular weight is 385 g/mol. The molecule has 8 heteroatoms. The molecule has 0 saturated carbocycles. The monoisotopic (exact) mass is 384 g/mol. The topological polar surface area (TPSA) is 64.7 Å². The summed E-state index contributed by atoms with van der Waals surface area (Å²) in [6, 6.07) is 5.51. The van der Waals surface area contributed by atoms with Crippen molar-refractivity contribution < 1.29 is 14.0 Å². The largest absolute Gasteiger partial charge is 0.339 e. The predicted molar refractivity (Wildman–Crippen MR) is 101 cm³/mol. The van der Waals surface area contributed by atoms with Gasteiger partial charge in [-0.25, -0.2) is 4.39 Å². The summed E-state index contributed by atoms with van der Waals surface area (Å²) >= 11 is 0. The van der Waals surface area contributed by atoms with Crippen molar-refractivity contribution in [1.29, 1.82) is 0 Å². The van der Waals surface area contributed by atoms with Crippen molar-refractivity contribution >= 4 is 29.9 Å². The van der Waals surface area contributed by atoms with E-state index < -0.39 is 0 Å². The molecule has 3 rings (SSSR count). The molecule has 6 nitrogen and oxygen atoms in total. The van der Waals surface area contributed by atoms with Crippen molar-refractivity contribution in [3.8, 4) is 0 Å². The molecule has 0 radical (unpaired) electrons. The highest BCUT2D eigenvalue weighted by Crippen LogP contribution is 2.14. The van der Waals surface area contributed by atoms with Gasteiger partial charge in [0.2, 0.25) is 11.8 Å². The Morgan fingerprint density at radius 3 is 2.62 bits per heavy atom. The van der Waals surface area contributed by atoms with Crippen molar-refractivity contribution in [2.45, 2.75) is 31.8 Å². The Labute approximate surface area is 159 Å². The molecule has 1 aromatic carbocycles. The van der Waals surface area contributed by atoms with Gasteiger partial charge in [-0.3, -0.25) is 14.5 Å². The summed E-state index contributed by atoms with van der Waals surface area (Å²) in [7, 11) is 0. The number of anilines is 1. The normalized spacial score (nSPS) is 21.8. The zero-order chi connectivity index (χ0) is 17.8. The third-order valence-corrected chi connectivity index (χ3v) is 5.00. The smallest absolute Gasteiger partial charge is 0.241 e. The van der Waals surface area contributed by atoms with Gasteiger partial charge < -0.3 is 15.5 Å². The van der Waals surface area contributed by atoms with Crippen LogP contribution in [-0.4, -0.2) is 66.4 Å². The van der Waals surface area contributed by atoms with Gasteiger partial charge in [0.05, 0.1) is 12.1 Å². The average Bonchev–Trinajstić information content (AvgIpc) is 3.15. The van der Waals surface area contributed by atoms with E-state index in [9.17, 15) is 14.0 Å². The molecule has 2 saturated heterocycles. The van der Waals surface area contributed by atoms with E-state index in [1.165, 1.54) is 12.1 Å². The van der Waals surface area contributed by atoms with E-state index >= 15 is 0 Å². The molecule has 2 N–H and O–H groups in total. The minimum atomic E-state index is -0.377. The molecule has 0 aliphatic carbocycles. The Hall–Kier alpha value is -1.70. The number of benzene rings is 1. The molecule has 1 unspecified atom stereocenters. The van der Waals surface area contributed by atoms with Crippen LogP contribution in [0.2, 0.25) is 0 Å². The quantitative estimate of drug-likeness (QED) is 0.825. The number of hydrogen-bond donors (Lipinski definition) is 2. The fraction of sp³-hybridized carbons (Fsp3) is 0.556. The van der Waals surface area contributed by atoms with Crippen LogP contribution in [0.3, 0.4) is 0 Å². The van der Waals surface area contributed by atoms with Gasteiger partial charge in [-0.15, -0.1) is 12.4 Å². The van der Waals surface area contributed by atoms with Crippen LogP contribution >= 0.6 is 12.4 Å². The van der Waals surface area contributed by atoms with E-state index in [0.29, 0.717) is 31.9 Å². The van der Waals surface area contributed by atoms with Crippen LogP contribution in [0.25, 0.3) is 0 Å². The van der Waals surface area contributed by atoms with Crippen LogP contribution in [0.5, 0.6) is 0 Å². The van der Waals surface area contributed by atoms with Gasteiger partial charge in [0.1, 0.15) is 5.82 Å². The Morgan fingerprint density at radius 2 is 2.00 bits per heavy atom. The van der Waals surface area contributed by atoms with Gasteiger partial charge in [0.25, 0.3) is 0 Å². The molecule has 0 aromatic heterocycles. The first kappa shape index (κ1) is 20.6. The van der Waals surface area contributed by atoms with E-state index in [-0.39, 0.29) is 42.1 Å². The number of hydrogen-bond acceptors (Lipinski definition) is 4. The molecule has 144 valence electrons. The van der Waals surface area contributed by atoms with Gasteiger partial charge in [-0.1, -0.05) is 6.07 Å². The third-order valence-electron chi connectivity index (χ3n) is 5.00. The Balaban J connectivity index is 0.00000243. The number of halogens is 2. The van der Waals surface area contributed by atoms with Gasteiger partial charge >= 0.3 is 0 Å². The lowest BCUT2D eigenvalue weighted by Crippen LogP contribution is -2.56. The van der Waals surface area contributed by atoms with E-state index in [2.05, 4.69) is 15.5 Å². The number of carbonyl (C=O) groups excluding carboxylic acids is 2. The number of rotatable bonds is 4. The molecule has 0 bridgehead atoms. The fourth-order valence-corrected chi connectivity index (χ4v) is 3.42. The number of amides is 2. The fourth-order valence-electron chi connectivity index (χ4n) is 3.42. The molecule has 2 atom stereocenters. The number of piperazine rings is 1. The highest BCUT2D eigenvalue weighted by Gasteiger charge is 2.31. The van der Waals surface area contributed by atoms with Crippen molar-refractivity contribution in [2.24, 2.45) is 0 Å². The second kappa shape index (κ2) is 9.30. The minimum Gasteiger partial charge on any atom is -0.339 e. The van der Waals surface area contributed by atoms with Gasteiger partial charge in [0.15, 0.2) is 0 Å². The summed E-state index contributed by atoms with van der Waals surface area (Å²) in [5.74, 6) is -0.366. The number of nitrogens with one attached hydrogen (secondary N) is 2. The second-order valence-electron chi connectivity index (χ2n) is 6.69. The standard InChI is InChI=1S/C18H25FN4O2.ClH/c1-13(17(24)21-15-5-2-4-14(19)12-15)22-8-10-23(11-9-22)18(25)16-6-3-7-20-16;/h2,4-5,12-13,16,20H,3,6-11H2,1H3,(H,21,24);1H/t13?,16-;/m0./s1. The van der Waals surface area contributed by atoms with E-state index in [0.717, 1.165) is 19.4 Å². The lowest BCUT2D eigenvalue weighted by molar-refractivity contribution is -0.135. The highest BCUT2D eigenvalue weighted by molar-refractivity contribution is 5.94. The lowest BCUT2D eigenvalue weighted by Gasteiger charge is -2.38. The Morgan fingerprint density at radius 1 is 1.27 bits per heavy atom. The minimum absolute atomic E-state index is 0. The van der Waals surface area contributed by atoms with Crippen LogP contribution in [0, 0.1) is 5.82 Å². The van der Waals surface area contributed by atoms with Crippen LogP contribution in [-0.2, 0) is 9.59 Å². The van der Waals surface area contributed by atoms with Crippen molar-refractivity contribution in [3.05, 3.63) is 30.1 Å². The van der Waals surface area contributed by atoms with Crippen LogP contribution in [0.4, 0.5) is 10.1 Å². The first-order valence-corrected chi connectivity index (χ1v) is 8.87. The maximum Gasteiger partial charge on any atom is 0.241 e. The second-order valence-corrected chi connectivity index (χ2v) is 6.69. The Bertz CT molecular complexity index is 631. The zero-order valence-electron chi connectivity index (χ0n) is 14.9. The van der Waals surface area contributed by atoms with E-state index in [1.807, 2.05) is 11.8 Å². The maximum absolute atomic E-state index is 13.2. The van der Waals surface area contributed by atoms with Gasteiger partial charge in [-0.2, -0.15) is 0 Å². The van der Waals surface area contributed by atoms with Crippen molar-refractivity contribution in [1.82, 2.24) is 15.1 Å². The lowest BCUT2D eigenvalue weighted by atomic mass is 10.1. The maximum atomic E-state index is 13.2. The molecule has 2 heterocycles. The molecule has 26 heavy (non-hydrogen) atoms. The van der Waals surface area contributed by atoms with Crippen LogP contribution in [0.1, 0.15) is 19.8 Å². The summed E-state index contributed by atoms with van der Waals surface area (Å²) in [5.41, 5.74) is 0.456. The molecule has 2 amide bonds. The zero-order valence-corrected chi connectivity index (χ0v) is 15.7. The number of carbonyl (C=O) groups is 2. The van der Waals surface area contributed by atoms with Crippen molar-refractivity contribution in [2.75, 3.05) is 38.0 Å². The molecule has 1 aromatic rings. The summed E-state index contributed by atoms with van der Waals surface area (Å²) in [5, 5.41) is 5.99. The summed E-state index contributed by atoms with van der Waals surface area (Å²) in [6.07, 6.45) is 1.96. The predicted octanol–water partition coefficient (Wildman–Crippen LogP) is 1.47. The van der Waals surface area contributed by atoms with Gasteiger partial charge in [-0.05, 0) is 44.5 Å². The molecular weight excluding hydrogens is 359 g/mol. The SMILES string of the molecule is CC(C(=O)Nc1cccc(F)c1)N1CCN(C(=O)[C@@H]2CCCN2)CC1.Cl. The first-order chi connectivity index (χ1) is 12.0. The van der Waals surface area contributed by atoms with Crippen molar-refractivity contribution in [3.63, 3.8) is 0 Å². The molecule has 0 spiro atoms. The van der Waals surface area contributed by atoms with E-state index in [4.69, 9.17) is 0 Å². The third kappa shape index (κ3) is 4.93. The summed E-state index contributed by atoms with van der Waals surface area (Å²) < 4.78 is 13.2. The summed E-state index contributed by atoms with van der Waals surface area (Å²) in [6.45, 7) is 5.34. The van der Waals surface area contributed by atoms with Crippen LogP contribution < -0.4 is 10.6 Å². The molecule has 2 aliphatic heterocycles. The van der Waals surface area contributed by atoms with Gasteiger partial charge in [0, 0.05) is 31.9 Å².